The zero-order valence-electron chi connectivity index (χ0n) is 17.5. The Morgan fingerprint density at radius 2 is 1.91 bits per heavy atom. The molecule has 15 heteroatoms. The molecule has 0 saturated carbocycles. The summed E-state index contributed by atoms with van der Waals surface area (Å²) in [6.45, 7) is 1.59. The summed E-state index contributed by atoms with van der Waals surface area (Å²) in [6, 6.07) is 1.56. The second-order valence-corrected chi connectivity index (χ2v) is 9.56. The van der Waals surface area contributed by atoms with Crippen LogP contribution in [-0.4, -0.2) is 70.3 Å². The second-order valence-electron chi connectivity index (χ2n) is 7.18. The molecule has 178 valence electrons. The average molecular weight is 507 g/mol. The Labute approximate surface area is 191 Å². The zero-order chi connectivity index (χ0) is 24.7. The molecule has 1 aromatic heterocycles. The number of alkyl halides is 3. The number of hydrogen-bond acceptors (Lipinski definition) is 7. The molecule has 3 rings (SSSR count). The highest BCUT2D eigenvalue weighted by atomic mass is 35.5. The number of carbonyl (C=O) groups excluding carboxylic acids is 2. The maximum absolute atomic E-state index is 13.0. The van der Waals surface area contributed by atoms with Crippen molar-refractivity contribution in [3.05, 3.63) is 40.9 Å². The summed E-state index contributed by atoms with van der Waals surface area (Å²) in [5.74, 6) is -0.279. The largest absolute Gasteiger partial charge is 0.501 e. The lowest BCUT2D eigenvalue weighted by atomic mass is 10.1. The van der Waals surface area contributed by atoms with Crippen LogP contribution in [0.25, 0.3) is 0 Å². The fourth-order valence-electron chi connectivity index (χ4n) is 3.07. The van der Waals surface area contributed by atoms with Gasteiger partial charge in [0.05, 0.1) is 10.9 Å². The van der Waals surface area contributed by atoms with Crippen molar-refractivity contribution in [1.82, 2.24) is 24.7 Å². The van der Waals surface area contributed by atoms with E-state index >= 15 is 0 Å². The standard InChI is InChI=1S/C18H18ClF3N6O4S/c1-10(16-23-9-24-28(16)14-4-5-15(29)27(3)25-14)26(2)17(30)11-6-12(19)8-13(7-11)33(31,32)18(20,21)22/h6-10H,4-5H2,1-3H3/t10-/m0/s1. The number of hydrogen-bond donors (Lipinski definition) is 0. The van der Waals surface area contributed by atoms with Crippen LogP contribution in [0.15, 0.2) is 34.5 Å². The van der Waals surface area contributed by atoms with E-state index in [1.54, 1.807) is 6.92 Å². The summed E-state index contributed by atoms with van der Waals surface area (Å²) in [4.78, 5) is 28.8. The van der Waals surface area contributed by atoms with Crippen molar-refractivity contribution in [3.63, 3.8) is 0 Å². The van der Waals surface area contributed by atoms with Crippen molar-refractivity contribution in [2.24, 2.45) is 5.10 Å². The van der Waals surface area contributed by atoms with Crippen LogP contribution in [0.3, 0.4) is 0 Å². The Morgan fingerprint density at radius 3 is 2.52 bits per heavy atom. The van der Waals surface area contributed by atoms with Crippen LogP contribution >= 0.6 is 11.6 Å². The van der Waals surface area contributed by atoms with Crippen LogP contribution in [0.5, 0.6) is 0 Å². The first-order chi connectivity index (χ1) is 15.2. The molecule has 1 aromatic carbocycles. The predicted octanol–water partition coefficient (Wildman–Crippen LogP) is 2.47. The molecule has 2 heterocycles. The number of carbonyl (C=O) groups is 2. The van der Waals surface area contributed by atoms with E-state index in [-0.39, 0.29) is 35.2 Å². The van der Waals surface area contributed by atoms with Crippen LogP contribution in [-0.2, 0) is 14.6 Å². The van der Waals surface area contributed by atoms with Crippen molar-refractivity contribution >= 4 is 39.1 Å². The molecule has 0 aliphatic carbocycles. The van der Waals surface area contributed by atoms with E-state index in [1.807, 2.05) is 0 Å². The number of sulfone groups is 1. The molecular formula is C18H18ClF3N6O4S. The van der Waals surface area contributed by atoms with Crippen LogP contribution in [0, 0.1) is 0 Å². The fraction of sp³-hybridized carbons (Fsp3) is 0.389. The maximum Gasteiger partial charge on any atom is 0.501 e. The summed E-state index contributed by atoms with van der Waals surface area (Å²) in [5, 5.41) is 9.06. The van der Waals surface area contributed by atoms with Crippen LogP contribution in [0.2, 0.25) is 5.02 Å². The Bertz CT molecular complexity index is 1240. The summed E-state index contributed by atoms with van der Waals surface area (Å²) in [6.07, 6.45) is 1.73. The van der Waals surface area contributed by atoms with Gasteiger partial charge < -0.3 is 4.90 Å². The third-order valence-electron chi connectivity index (χ3n) is 5.02. The first kappa shape index (κ1) is 24.6. The van der Waals surface area contributed by atoms with Gasteiger partial charge in [-0.3, -0.25) is 9.59 Å². The molecule has 0 bridgehead atoms. The number of aromatic nitrogens is 3. The average Bonchev–Trinajstić information content (AvgIpc) is 3.22. The molecule has 1 aliphatic heterocycles. The third kappa shape index (κ3) is 4.71. The molecule has 0 saturated heterocycles. The highest BCUT2D eigenvalue weighted by molar-refractivity contribution is 7.92. The molecule has 0 unspecified atom stereocenters. The van der Waals surface area contributed by atoms with E-state index in [4.69, 9.17) is 11.6 Å². The minimum Gasteiger partial charge on any atom is -0.332 e. The van der Waals surface area contributed by atoms with E-state index in [9.17, 15) is 31.2 Å². The minimum absolute atomic E-state index is 0.175. The molecule has 0 radical (unpaired) electrons. The molecule has 1 aliphatic rings. The van der Waals surface area contributed by atoms with Gasteiger partial charge in [0.2, 0.25) is 5.91 Å². The van der Waals surface area contributed by atoms with Gasteiger partial charge in [-0.2, -0.15) is 28.1 Å². The zero-order valence-corrected chi connectivity index (χ0v) is 19.1. The Balaban J connectivity index is 1.93. The van der Waals surface area contributed by atoms with Gasteiger partial charge in [0, 0.05) is 37.5 Å². The normalized spacial score (nSPS) is 15.9. The van der Waals surface area contributed by atoms with E-state index < -0.39 is 32.2 Å². The van der Waals surface area contributed by atoms with Gasteiger partial charge in [-0.25, -0.2) is 18.4 Å². The topological polar surface area (TPSA) is 118 Å². The fourth-order valence-corrected chi connectivity index (χ4v) is 4.20. The van der Waals surface area contributed by atoms with Gasteiger partial charge in [-0.05, 0) is 25.1 Å². The molecule has 2 aromatic rings. The van der Waals surface area contributed by atoms with Crippen molar-refractivity contribution in [2.75, 3.05) is 14.1 Å². The smallest absolute Gasteiger partial charge is 0.332 e. The van der Waals surface area contributed by atoms with Gasteiger partial charge >= 0.3 is 5.51 Å². The van der Waals surface area contributed by atoms with Crippen molar-refractivity contribution < 1.29 is 31.2 Å². The van der Waals surface area contributed by atoms with Crippen LogP contribution in [0.1, 0.15) is 42.0 Å². The highest BCUT2D eigenvalue weighted by Gasteiger charge is 2.47. The lowest BCUT2D eigenvalue weighted by Gasteiger charge is -2.26. The number of rotatable bonds is 4. The van der Waals surface area contributed by atoms with Crippen molar-refractivity contribution in [1.29, 1.82) is 0 Å². The maximum atomic E-state index is 13.0. The highest BCUT2D eigenvalue weighted by Crippen LogP contribution is 2.33. The molecule has 33 heavy (non-hydrogen) atoms. The second kappa shape index (κ2) is 8.74. The summed E-state index contributed by atoms with van der Waals surface area (Å²) < 4.78 is 63.8. The number of halogens is 4. The van der Waals surface area contributed by atoms with Gasteiger partial charge in [0.15, 0.2) is 11.7 Å². The Morgan fingerprint density at radius 1 is 1.24 bits per heavy atom. The first-order valence-corrected chi connectivity index (χ1v) is 11.2. The van der Waals surface area contributed by atoms with Gasteiger partial charge in [-0.15, -0.1) is 0 Å². The number of amides is 2. The van der Waals surface area contributed by atoms with E-state index in [2.05, 4.69) is 15.2 Å². The first-order valence-electron chi connectivity index (χ1n) is 9.37. The van der Waals surface area contributed by atoms with Crippen LogP contribution in [0.4, 0.5) is 13.2 Å². The molecule has 0 N–H and O–H groups in total. The van der Waals surface area contributed by atoms with Gasteiger partial charge in [-0.1, -0.05) is 11.6 Å². The van der Waals surface area contributed by atoms with Crippen LogP contribution < -0.4 is 0 Å². The lowest BCUT2D eigenvalue weighted by molar-refractivity contribution is -0.130. The molecular weight excluding hydrogens is 489 g/mol. The summed E-state index contributed by atoms with van der Waals surface area (Å²) >= 11 is 5.81. The molecule has 0 spiro atoms. The number of hydrazone groups is 1. The number of benzene rings is 1. The molecule has 0 fully saturated rings. The molecule has 10 nitrogen and oxygen atoms in total. The summed E-state index contributed by atoms with van der Waals surface area (Å²) in [7, 11) is -2.85. The van der Waals surface area contributed by atoms with Gasteiger partial charge in [0.1, 0.15) is 6.33 Å². The Kier molecular flexibility index (Phi) is 6.53. The van der Waals surface area contributed by atoms with Crippen molar-refractivity contribution in [2.45, 2.75) is 36.2 Å². The monoisotopic (exact) mass is 506 g/mol. The summed E-state index contributed by atoms with van der Waals surface area (Å²) in [5.41, 5.74) is -5.91. The minimum atomic E-state index is -5.70. The quantitative estimate of drug-likeness (QED) is 0.628. The third-order valence-corrected chi connectivity index (χ3v) is 6.70. The van der Waals surface area contributed by atoms with Crippen molar-refractivity contribution in [3.8, 4) is 0 Å². The molecule has 2 amide bonds. The Hall–Kier alpha value is -3.00. The number of nitrogens with zero attached hydrogens (tertiary/aromatic N) is 6. The van der Waals surface area contributed by atoms with Gasteiger partial charge in [0.25, 0.3) is 15.7 Å². The van der Waals surface area contributed by atoms with E-state index in [0.29, 0.717) is 18.0 Å². The van der Waals surface area contributed by atoms with E-state index in [1.165, 1.54) is 30.1 Å². The SMILES string of the molecule is C[C@@H](c1ncnn1C1=NN(C)C(=O)CC1)N(C)C(=O)c1cc(Cl)cc(S(=O)(=O)C(F)(F)F)c1. The molecule has 1 atom stereocenters. The van der Waals surface area contributed by atoms with E-state index in [0.717, 1.165) is 11.0 Å². The predicted molar refractivity (Wildman–Crippen MR) is 110 cm³/mol. The lowest BCUT2D eigenvalue weighted by Crippen LogP contribution is -2.35.